The lowest BCUT2D eigenvalue weighted by Gasteiger charge is -2.26. The van der Waals surface area contributed by atoms with E-state index in [-0.39, 0.29) is 41.7 Å². The molecule has 3 rings (SSSR count). The molecule has 1 aliphatic heterocycles. The molecule has 1 saturated heterocycles. The zero-order valence-electron chi connectivity index (χ0n) is 20.2. The number of hydrogen-bond acceptors (Lipinski definition) is 6. The van der Waals surface area contributed by atoms with Gasteiger partial charge >= 0.3 is 0 Å². The molecule has 1 aliphatic rings. The fourth-order valence-corrected chi connectivity index (χ4v) is 5.43. The largest absolute Gasteiger partial charge is 0.496 e. The minimum absolute atomic E-state index is 0.0118. The summed E-state index contributed by atoms with van der Waals surface area (Å²) in [6, 6.07) is 8.11. The van der Waals surface area contributed by atoms with Crippen molar-refractivity contribution in [3.8, 4) is 5.75 Å². The molecule has 9 nitrogen and oxygen atoms in total. The van der Waals surface area contributed by atoms with E-state index in [2.05, 4.69) is 5.32 Å². The van der Waals surface area contributed by atoms with Crippen molar-refractivity contribution in [3.05, 3.63) is 52.6 Å². The van der Waals surface area contributed by atoms with Crippen molar-refractivity contribution in [3.63, 3.8) is 0 Å². The standard InChI is InChI=1S/C24H31N3O6S/c1-16-12-17(2)23(18(3)13-16)25-22(28)15-26(4)24(29)20-14-19(6-7-21(20)32-5)34(30,31)27-8-10-33-11-9-27/h6-7,12-14H,8-11,15H2,1-5H3,(H,25,28). The van der Waals surface area contributed by atoms with Gasteiger partial charge in [-0.05, 0) is 50.1 Å². The molecule has 1 N–H and O–H groups in total. The quantitative estimate of drug-likeness (QED) is 0.640. The number of morpholine rings is 1. The van der Waals surface area contributed by atoms with Crippen LogP contribution in [0.15, 0.2) is 35.2 Å². The Hall–Kier alpha value is -2.95. The molecule has 1 fully saturated rings. The second-order valence-corrected chi connectivity index (χ2v) is 10.3. The van der Waals surface area contributed by atoms with Gasteiger partial charge < -0.3 is 19.7 Å². The predicted octanol–water partition coefficient (Wildman–Crippen LogP) is 2.35. The SMILES string of the molecule is COc1ccc(S(=O)(=O)N2CCOCC2)cc1C(=O)N(C)CC(=O)Nc1c(C)cc(C)cc1C. The van der Waals surface area contributed by atoms with Crippen molar-refractivity contribution in [1.29, 1.82) is 0 Å². The molecular weight excluding hydrogens is 458 g/mol. The molecule has 10 heteroatoms. The van der Waals surface area contributed by atoms with Crippen LogP contribution in [0.1, 0.15) is 27.0 Å². The summed E-state index contributed by atoms with van der Waals surface area (Å²) in [6.45, 7) is 6.72. The minimum atomic E-state index is -3.80. The summed E-state index contributed by atoms with van der Waals surface area (Å²) in [7, 11) is -0.912. The first-order valence-electron chi connectivity index (χ1n) is 10.9. The Labute approximate surface area is 200 Å². The first kappa shape index (κ1) is 25.7. The van der Waals surface area contributed by atoms with E-state index in [1.54, 1.807) is 0 Å². The first-order chi connectivity index (χ1) is 16.0. The van der Waals surface area contributed by atoms with Gasteiger partial charge in [-0.15, -0.1) is 0 Å². The van der Waals surface area contributed by atoms with Crippen molar-refractivity contribution in [2.45, 2.75) is 25.7 Å². The summed E-state index contributed by atoms with van der Waals surface area (Å²) >= 11 is 0. The Balaban J connectivity index is 1.80. The van der Waals surface area contributed by atoms with Gasteiger partial charge in [-0.25, -0.2) is 8.42 Å². The molecule has 0 aromatic heterocycles. The van der Waals surface area contributed by atoms with Crippen LogP contribution in [-0.2, 0) is 19.6 Å². The molecule has 34 heavy (non-hydrogen) atoms. The third-order valence-corrected chi connectivity index (χ3v) is 7.57. The van der Waals surface area contributed by atoms with E-state index in [1.165, 1.54) is 41.6 Å². The number of rotatable bonds is 7. The van der Waals surface area contributed by atoms with Crippen LogP contribution in [0.3, 0.4) is 0 Å². The van der Waals surface area contributed by atoms with E-state index in [0.29, 0.717) is 18.9 Å². The van der Waals surface area contributed by atoms with E-state index in [1.807, 2.05) is 32.9 Å². The van der Waals surface area contributed by atoms with E-state index in [0.717, 1.165) is 16.7 Å². The molecule has 1 heterocycles. The normalized spacial score (nSPS) is 14.5. The summed E-state index contributed by atoms with van der Waals surface area (Å²) in [5.74, 6) is -0.659. The highest BCUT2D eigenvalue weighted by Crippen LogP contribution is 2.26. The number of carbonyl (C=O) groups excluding carboxylic acids is 2. The molecule has 2 amide bonds. The predicted molar refractivity (Wildman–Crippen MR) is 129 cm³/mol. The van der Waals surface area contributed by atoms with E-state index >= 15 is 0 Å². The van der Waals surface area contributed by atoms with Crippen molar-refractivity contribution in [1.82, 2.24) is 9.21 Å². The second-order valence-electron chi connectivity index (χ2n) is 8.36. The van der Waals surface area contributed by atoms with Gasteiger partial charge in [0.05, 0.1) is 37.3 Å². The maximum Gasteiger partial charge on any atom is 0.257 e. The van der Waals surface area contributed by atoms with Crippen LogP contribution in [0.5, 0.6) is 5.75 Å². The van der Waals surface area contributed by atoms with Gasteiger partial charge in [-0.2, -0.15) is 4.31 Å². The Morgan fingerprint density at radius 3 is 2.29 bits per heavy atom. The fraction of sp³-hybridized carbons (Fsp3) is 0.417. The zero-order valence-corrected chi connectivity index (χ0v) is 21.0. The Kier molecular flexibility index (Phi) is 7.96. The number of anilines is 1. The molecule has 0 spiro atoms. The van der Waals surface area contributed by atoms with Crippen molar-refractivity contribution >= 4 is 27.5 Å². The number of likely N-dealkylation sites (N-methyl/N-ethyl adjacent to an activating group) is 1. The maximum absolute atomic E-state index is 13.2. The summed E-state index contributed by atoms with van der Waals surface area (Å²) in [6.07, 6.45) is 0. The molecule has 0 saturated carbocycles. The van der Waals surface area contributed by atoms with Gasteiger partial charge in [-0.3, -0.25) is 9.59 Å². The van der Waals surface area contributed by atoms with Crippen LogP contribution >= 0.6 is 0 Å². The molecule has 2 aromatic carbocycles. The Bertz CT molecular complexity index is 1170. The summed E-state index contributed by atoms with van der Waals surface area (Å²) < 4.78 is 37.9. The van der Waals surface area contributed by atoms with Crippen molar-refractivity contribution < 1.29 is 27.5 Å². The van der Waals surface area contributed by atoms with E-state index in [9.17, 15) is 18.0 Å². The molecule has 0 aliphatic carbocycles. The smallest absolute Gasteiger partial charge is 0.257 e. The number of carbonyl (C=O) groups is 2. The first-order valence-corrected chi connectivity index (χ1v) is 12.4. The number of nitrogens with zero attached hydrogens (tertiary/aromatic N) is 2. The summed E-state index contributed by atoms with van der Waals surface area (Å²) in [5.41, 5.74) is 3.74. The monoisotopic (exact) mass is 489 g/mol. The van der Waals surface area contributed by atoms with Gasteiger partial charge in [0, 0.05) is 25.8 Å². The van der Waals surface area contributed by atoms with E-state index in [4.69, 9.17) is 9.47 Å². The van der Waals surface area contributed by atoms with Gasteiger partial charge in [0.25, 0.3) is 5.91 Å². The van der Waals surface area contributed by atoms with Crippen LogP contribution < -0.4 is 10.1 Å². The van der Waals surface area contributed by atoms with Crippen molar-refractivity contribution in [2.24, 2.45) is 0 Å². The molecule has 0 radical (unpaired) electrons. The molecule has 0 unspecified atom stereocenters. The number of ether oxygens (including phenoxy) is 2. The molecular formula is C24H31N3O6S. The number of amides is 2. The van der Waals surface area contributed by atoms with Crippen LogP contribution in [-0.4, -0.2) is 76.4 Å². The third-order valence-electron chi connectivity index (χ3n) is 5.68. The van der Waals surface area contributed by atoms with Gasteiger partial charge in [0.1, 0.15) is 5.75 Å². The van der Waals surface area contributed by atoms with Gasteiger partial charge in [-0.1, -0.05) is 17.7 Å². The van der Waals surface area contributed by atoms with Crippen LogP contribution in [0.25, 0.3) is 0 Å². The second kappa shape index (κ2) is 10.5. The molecule has 0 atom stereocenters. The fourth-order valence-electron chi connectivity index (χ4n) is 4.00. The van der Waals surface area contributed by atoms with Gasteiger partial charge in [0.15, 0.2) is 0 Å². The number of hydrogen-bond donors (Lipinski definition) is 1. The number of methoxy groups -OCH3 is 1. The van der Waals surface area contributed by atoms with Crippen LogP contribution in [0.4, 0.5) is 5.69 Å². The Morgan fingerprint density at radius 2 is 1.71 bits per heavy atom. The topological polar surface area (TPSA) is 105 Å². The summed E-state index contributed by atoms with van der Waals surface area (Å²) in [5, 5.41) is 2.87. The average molecular weight is 490 g/mol. The average Bonchev–Trinajstić information content (AvgIpc) is 2.81. The van der Waals surface area contributed by atoms with Gasteiger partial charge in [0.2, 0.25) is 15.9 Å². The molecule has 0 bridgehead atoms. The van der Waals surface area contributed by atoms with Crippen LogP contribution in [0, 0.1) is 20.8 Å². The third kappa shape index (κ3) is 5.57. The highest BCUT2D eigenvalue weighted by Gasteiger charge is 2.29. The number of sulfonamides is 1. The Morgan fingerprint density at radius 1 is 1.09 bits per heavy atom. The number of aryl methyl sites for hydroxylation is 3. The summed E-state index contributed by atoms with van der Waals surface area (Å²) in [4.78, 5) is 27.1. The lowest BCUT2D eigenvalue weighted by Crippen LogP contribution is -2.40. The zero-order chi connectivity index (χ0) is 25.0. The van der Waals surface area contributed by atoms with Crippen LogP contribution in [0.2, 0.25) is 0 Å². The van der Waals surface area contributed by atoms with Crippen molar-refractivity contribution in [2.75, 3.05) is 52.3 Å². The number of nitrogens with one attached hydrogen (secondary N) is 1. The lowest BCUT2D eigenvalue weighted by atomic mass is 10.1. The maximum atomic E-state index is 13.2. The minimum Gasteiger partial charge on any atom is -0.496 e. The van der Waals surface area contributed by atoms with E-state index < -0.39 is 15.9 Å². The highest BCUT2D eigenvalue weighted by molar-refractivity contribution is 7.89. The number of benzene rings is 2. The highest BCUT2D eigenvalue weighted by atomic mass is 32.2. The molecule has 184 valence electrons. The lowest BCUT2D eigenvalue weighted by molar-refractivity contribution is -0.116. The molecule has 2 aromatic rings.